The first-order valence-electron chi connectivity index (χ1n) is 12.7. The van der Waals surface area contributed by atoms with E-state index >= 15 is 0 Å². The second-order valence-corrected chi connectivity index (χ2v) is 17.3. The highest BCUT2D eigenvalue weighted by molar-refractivity contribution is 14.1. The Labute approximate surface area is 227 Å². The molecule has 0 N–H and O–H groups in total. The summed E-state index contributed by atoms with van der Waals surface area (Å²) in [5.74, 6) is -1.99. The molecule has 2 aliphatic rings. The molecule has 0 aromatic heterocycles. The van der Waals surface area contributed by atoms with Crippen molar-refractivity contribution in [3.63, 3.8) is 0 Å². The molecule has 0 aromatic carbocycles. The number of cyclic esters (lactones) is 1. The predicted octanol–water partition coefficient (Wildman–Crippen LogP) is 6.64. The summed E-state index contributed by atoms with van der Waals surface area (Å²) in [7, 11) is 1.26. The van der Waals surface area contributed by atoms with E-state index in [9.17, 15) is 4.79 Å². The van der Waals surface area contributed by atoms with E-state index in [0.29, 0.717) is 12.8 Å². The van der Waals surface area contributed by atoms with Crippen molar-refractivity contribution in [1.82, 2.24) is 0 Å². The number of hydrogen-bond acceptors (Lipinski definition) is 6. The van der Waals surface area contributed by atoms with Gasteiger partial charge in [-0.3, -0.25) is 4.79 Å². The van der Waals surface area contributed by atoms with Gasteiger partial charge in [-0.2, -0.15) is 0 Å². The fourth-order valence-corrected chi connectivity index (χ4v) is 6.76. The summed E-state index contributed by atoms with van der Waals surface area (Å²) in [4.78, 5) is 13.4. The first-order chi connectivity index (χ1) is 16.1. The molecule has 0 aromatic rings. The smallest absolute Gasteiger partial charge is 0.314 e. The Bertz CT molecular complexity index is 791. The van der Waals surface area contributed by atoms with Crippen LogP contribution in [0.3, 0.4) is 0 Å². The molecule has 202 valence electrons. The largest absolute Gasteiger partial charge is 0.457 e. The van der Waals surface area contributed by atoms with E-state index in [4.69, 9.17) is 23.4 Å². The zero-order valence-corrected chi connectivity index (χ0v) is 26.7. The third-order valence-corrected chi connectivity index (χ3v) is 13.3. The monoisotopic (exact) mass is 622 g/mol. The van der Waals surface area contributed by atoms with Crippen molar-refractivity contribution < 1.29 is 28.2 Å². The summed E-state index contributed by atoms with van der Waals surface area (Å²) in [6.07, 6.45) is 4.26. The fraction of sp³-hybridized carbons (Fsp3) is 0.815. The minimum absolute atomic E-state index is 0.0199. The third-order valence-electron chi connectivity index (χ3n) is 8.37. The highest BCUT2D eigenvalue weighted by Gasteiger charge is 2.55. The van der Waals surface area contributed by atoms with Crippen LogP contribution in [0.2, 0.25) is 18.1 Å². The zero-order chi connectivity index (χ0) is 26.8. The Kier molecular flexibility index (Phi) is 10.7. The second-order valence-electron chi connectivity index (χ2n) is 11.9. The van der Waals surface area contributed by atoms with Crippen LogP contribution >= 0.6 is 22.6 Å². The number of hydrogen-bond donors (Lipinski definition) is 0. The molecule has 1 fully saturated rings. The summed E-state index contributed by atoms with van der Waals surface area (Å²) < 4.78 is 33.7. The van der Waals surface area contributed by atoms with Gasteiger partial charge in [0.15, 0.2) is 14.1 Å². The van der Waals surface area contributed by atoms with E-state index in [1.165, 1.54) is 0 Å². The number of carbonyl (C=O) groups is 1. The van der Waals surface area contributed by atoms with E-state index in [1.54, 1.807) is 14.2 Å². The Hall–Kier alpha value is -0.263. The van der Waals surface area contributed by atoms with Crippen LogP contribution in [0.4, 0.5) is 0 Å². The van der Waals surface area contributed by atoms with E-state index in [1.807, 2.05) is 17.1 Å². The lowest BCUT2D eigenvalue weighted by atomic mass is 9.78. The van der Waals surface area contributed by atoms with Crippen LogP contribution in [0.15, 0.2) is 21.8 Å². The van der Waals surface area contributed by atoms with Crippen LogP contribution in [-0.2, 0) is 28.2 Å². The van der Waals surface area contributed by atoms with Crippen LogP contribution < -0.4 is 0 Å². The molecule has 0 saturated carbocycles. The summed E-state index contributed by atoms with van der Waals surface area (Å²) in [5.41, 5.74) is 1.11. The molecule has 1 saturated heterocycles. The van der Waals surface area contributed by atoms with Gasteiger partial charge in [0, 0.05) is 38.9 Å². The highest BCUT2D eigenvalue weighted by Crippen LogP contribution is 2.47. The number of fused-ring (bicyclic) bond motifs is 2. The third kappa shape index (κ3) is 6.99. The van der Waals surface area contributed by atoms with Gasteiger partial charge in [-0.05, 0) is 42.1 Å². The van der Waals surface area contributed by atoms with Crippen molar-refractivity contribution in [2.24, 2.45) is 17.8 Å². The van der Waals surface area contributed by atoms with Gasteiger partial charge in [-0.1, -0.05) is 68.9 Å². The van der Waals surface area contributed by atoms with Crippen LogP contribution in [0.25, 0.3) is 0 Å². The lowest BCUT2D eigenvalue weighted by molar-refractivity contribution is -0.327. The quantitative estimate of drug-likeness (QED) is 0.148. The van der Waals surface area contributed by atoms with E-state index in [2.05, 4.69) is 83.3 Å². The maximum Gasteiger partial charge on any atom is 0.314 e. The molecular weight excluding hydrogens is 575 g/mol. The molecule has 2 rings (SSSR count). The highest BCUT2D eigenvalue weighted by atomic mass is 127. The normalized spacial score (nSPS) is 39.4. The van der Waals surface area contributed by atoms with Gasteiger partial charge < -0.3 is 23.4 Å². The number of esters is 1. The lowest BCUT2D eigenvalue weighted by Gasteiger charge is -2.53. The van der Waals surface area contributed by atoms with Crippen molar-refractivity contribution in [2.75, 3.05) is 14.2 Å². The first kappa shape index (κ1) is 31.0. The molecule has 6 nitrogen and oxygen atoms in total. The van der Waals surface area contributed by atoms with Crippen LogP contribution in [0.1, 0.15) is 61.3 Å². The Morgan fingerprint density at radius 2 is 1.80 bits per heavy atom. The van der Waals surface area contributed by atoms with Crippen LogP contribution in [0, 0.1) is 17.8 Å². The molecule has 2 heterocycles. The molecule has 0 aliphatic carbocycles. The topological polar surface area (TPSA) is 63.2 Å². The van der Waals surface area contributed by atoms with Gasteiger partial charge in [-0.25, -0.2) is 0 Å². The predicted molar refractivity (Wildman–Crippen MR) is 151 cm³/mol. The Balaban J connectivity index is 2.62. The second kappa shape index (κ2) is 12.1. The van der Waals surface area contributed by atoms with Crippen molar-refractivity contribution in [1.29, 1.82) is 0 Å². The summed E-state index contributed by atoms with van der Waals surface area (Å²) in [6, 6.07) is 0. The van der Waals surface area contributed by atoms with E-state index in [0.717, 1.165) is 5.57 Å². The number of rotatable bonds is 5. The summed E-state index contributed by atoms with van der Waals surface area (Å²) in [6.45, 7) is 19.5. The van der Waals surface area contributed by atoms with Crippen molar-refractivity contribution in [3.8, 4) is 0 Å². The standard InChI is InChI=1S/C27H47IO6Si/c1-17-14-21(12-13-28)32-25(29)20(4)27(31-9)16-23(34-35(10,11)26(5,6)7)19(3)24(33-27)18(2)22(15-17)30-8/h12-13,15,18-24H,14,16H2,1-11H3/b13-12+,17-15+/t18-,19-,20-,21+,22-,23+,24+,27+/m1/s1. The number of methoxy groups -OCH3 is 2. The molecule has 8 heteroatoms. The summed E-state index contributed by atoms with van der Waals surface area (Å²) in [5, 5.41) is 0.0567. The van der Waals surface area contributed by atoms with E-state index in [-0.39, 0.29) is 47.3 Å². The molecule has 8 atom stereocenters. The first-order valence-corrected chi connectivity index (χ1v) is 16.9. The van der Waals surface area contributed by atoms with Crippen LogP contribution in [-0.4, -0.2) is 58.7 Å². The molecule has 0 spiro atoms. The molecular formula is C27H47IO6Si. The lowest BCUT2D eigenvalue weighted by Crippen LogP contribution is -2.61. The Morgan fingerprint density at radius 3 is 2.31 bits per heavy atom. The maximum atomic E-state index is 13.4. The molecule has 0 radical (unpaired) electrons. The molecule has 35 heavy (non-hydrogen) atoms. The van der Waals surface area contributed by atoms with Crippen molar-refractivity contribution in [2.45, 2.75) is 110 Å². The Morgan fingerprint density at radius 1 is 1.17 bits per heavy atom. The van der Waals surface area contributed by atoms with Gasteiger partial charge in [0.25, 0.3) is 0 Å². The van der Waals surface area contributed by atoms with Crippen molar-refractivity contribution in [3.05, 3.63) is 21.8 Å². The molecule has 2 aliphatic heterocycles. The number of ether oxygens (including phenoxy) is 4. The molecule has 2 bridgehead atoms. The average Bonchev–Trinajstić information content (AvgIpc) is 2.76. The number of halogens is 1. The van der Waals surface area contributed by atoms with Gasteiger partial charge in [0.05, 0.1) is 18.3 Å². The summed E-state index contributed by atoms with van der Waals surface area (Å²) >= 11 is 2.16. The van der Waals surface area contributed by atoms with Crippen molar-refractivity contribution >= 4 is 36.9 Å². The SMILES string of the molecule is CO[C@@H]1/C=C(\C)C[C@H](/C=C/I)OC(=O)[C@@H](C)[C@]2(OC)C[C@H](O[Si](C)(C)C(C)(C)C)[C@@H](C)[C@@H](O2)[C@@H]1C. The molecule has 0 amide bonds. The minimum atomic E-state index is -2.10. The average molecular weight is 623 g/mol. The van der Waals surface area contributed by atoms with Gasteiger partial charge in [0.2, 0.25) is 0 Å². The minimum Gasteiger partial charge on any atom is -0.457 e. The van der Waals surface area contributed by atoms with Gasteiger partial charge in [0.1, 0.15) is 12.0 Å². The van der Waals surface area contributed by atoms with Gasteiger partial charge >= 0.3 is 5.97 Å². The van der Waals surface area contributed by atoms with Crippen LogP contribution in [0.5, 0.6) is 0 Å². The maximum absolute atomic E-state index is 13.4. The number of carbonyl (C=O) groups excluding carboxylic acids is 1. The fourth-order valence-electron chi connectivity index (χ4n) is 4.89. The van der Waals surface area contributed by atoms with Gasteiger partial charge in [-0.15, -0.1) is 0 Å². The van der Waals surface area contributed by atoms with E-state index < -0.39 is 20.0 Å². The molecule has 0 unspecified atom stereocenters. The zero-order valence-electron chi connectivity index (χ0n) is 23.5.